The van der Waals surface area contributed by atoms with Gasteiger partial charge in [0.25, 0.3) is 11.8 Å². The second-order valence-electron chi connectivity index (χ2n) is 7.95. The van der Waals surface area contributed by atoms with Crippen molar-refractivity contribution in [3.8, 4) is 0 Å². The van der Waals surface area contributed by atoms with Gasteiger partial charge in [-0.15, -0.1) is 0 Å². The Balaban J connectivity index is 1.56. The first kappa shape index (κ1) is 24.6. The molecule has 1 saturated heterocycles. The summed E-state index contributed by atoms with van der Waals surface area (Å²) in [5.74, 6) is -0.295. The van der Waals surface area contributed by atoms with E-state index in [-0.39, 0.29) is 41.6 Å². The minimum absolute atomic E-state index is 0.110. The second-order valence-corrected chi connectivity index (χ2v) is 9.86. The van der Waals surface area contributed by atoms with E-state index in [0.717, 1.165) is 0 Å². The van der Waals surface area contributed by atoms with Gasteiger partial charge in [-0.05, 0) is 48.4 Å². The molecule has 0 saturated carbocycles. The van der Waals surface area contributed by atoms with Crippen LogP contribution in [0.4, 0.5) is 5.69 Å². The molecule has 0 spiro atoms. The molecule has 0 radical (unpaired) electrons. The SMILES string of the molecule is CCc1ccc(C(=O)Nc2ccccc2C(=O)NCc2ccco2)cc1S(=O)(=O)N1CCOCC1. The zero-order chi connectivity index (χ0) is 24.8. The highest BCUT2D eigenvalue weighted by molar-refractivity contribution is 7.89. The number of anilines is 1. The van der Waals surface area contributed by atoms with Crippen LogP contribution in [0.5, 0.6) is 0 Å². The number of hydrogen-bond acceptors (Lipinski definition) is 6. The number of morpholine rings is 1. The van der Waals surface area contributed by atoms with Gasteiger partial charge < -0.3 is 19.8 Å². The number of aryl methyl sites for hydroxylation is 1. The summed E-state index contributed by atoms with van der Waals surface area (Å²) in [6.45, 7) is 3.27. The molecule has 4 rings (SSSR count). The number of sulfonamides is 1. The fourth-order valence-corrected chi connectivity index (χ4v) is 5.54. The van der Waals surface area contributed by atoms with Crippen molar-refractivity contribution in [2.24, 2.45) is 0 Å². The van der Waals surface area contributed by atoms with Gasteiger partial charge >= 0.3 is 0 Å². The molecule has 0 aliphatic carbocycles. The Bertz CT molecular complexity index is 1300. The molecular weight excluding hydrogens is 470 g/mol. The Hall–Kier alpha value is -3.47. The van der Waals surface area contributed by atoms with Crippen molar-refractivity contribution >= 4 is 27.5 Å². The average Bonchev–Trinajstić information content (AvgIpc) is 3.41. The lowest BCUT2D eigenvalue weighted by atomic mass is 10.1. The van der Waals surface area contributed by atoms with Crippen LogP contribution in [0.25, 0.3) is 0 Å². The fourth-order valence-electron chi connectivity index (χ4n) is 3.81. The van der Waals surface area contributed by atoms with E-state index in [1.165, 1.54) is 16.6 Å². The third kappa shape index (κ3) is 5.61. The van der Waals surface area contributed by atoms with E-state index in [2.05, 4.69) is 10.6 Å². The maximum absolute atomic E-state index is 13.3. The predicted molar refractivity (Wildman–Crippen MR) is 130 cm³/mol. The Labute approximate surface area is 204 Å². The van der Waals surface area contributed by atoms with E-state index in [1.54, 1.807) is 48.5 Å². The van der Waals surface area contributed by atoms with Crippen LogP contribution in [0.1, 0.15) is 39.0 Å². The van der Waals surface area contributed by atoms with E-state index in [1.807, 2.05) is 6.92 Å². The summed E-state index contributed by atoms with van der Waals surface area (Å²) in [6.07, 6.45) is 2.02. The first-order chi connectivity index (χ1) is 16.9. The molecule has 1 aliphatic rings. The van der Waals surface area contributed by atoms with Crippen LogP contribution in [0.3, 0.4) is 0 Å². The number of para-hydroxylation sites is 1. The van der Waals surface area contributed by atoms with Gasteiger partial charge in [0.15, 0.2) is 0 Å². The van der Waals surface area contributed by atoms with Gasteiger partial charge in [-0.2, -0.15) is 4.31 Å². The van der Waals surface area contributed by atoms with Crippen molar-refractivity contribution in [1.82, 2.24) is 9.62 Å². The molecule has 1 aliphatic heterocycles. The van der Waals surface area contributed by atoms with Crippen molar-refractivity contribution in [2.75, 3.05) is 31.6 Å². The van der Waals surface area contributed by atoms with Gasteiger partial charge in [-0.25, -0.2) is 8.42 Å². The van der Waals surface area contributed by atoms with E-state index in [4.69, 9.17) is 9.15 Å². The lowest BCUT2D eigenvalue weighted by molar-refractivity contribution is 0.0730. The molecule has 2 amide bonds. The molecule has 35 heavy (non-hydrogen) atoms. The van der Waals surface area contributed by atoms with Crippen LogP contribution in [0, 0.1) is 0 Å². The Kier molecular flexibility index (Phi) is 7.64. The predicted octanol–water partition coefficient (Wildman–Crippen LogP) is 3.05. The number of amides is 2. The number of ether oxygens (including phenoxy) is 1. The van der Waals surface area contributed by atoms with Gasteiger partial charge in [0.2, 0.25) is 10.0 Å². The summed E-state index contributed by atoms with van der Waals surface area (Å²) in [6, 6.07) is 14.7. The van der Waals surface area contributed by atoms with Crippen LogP contribution in [0.15, 0.2) is 70.2 Å². The molecule has 2 heterocycles. The molecular formula is C25H27N3O6S. The largest absolute Gasteiger partial charge is 0.467 e. The van der Waals surface area contributed by atoms with Gasteiger partial charge in [0, 0.05) is 18.7 Å². The van der Waals surface area contributed by atoms with Crippen molar-refractivity contribution in [2.45, 2.75) is 24.8 Å². The van der Waals surface area contributed by atoms with Gasteiger partial charge in [-0.1, -0.05) is 25.1 Å². The van der Waals surface area contributed by atoms with Crippen LogP contribution in [-0.4, -0.2) is 50.8 Å². The molecule has 10 heteroatoms. The Morgan fingerprint density at radius 1 is 1.00 bits per heavy atom. The van der Waals surface area contributed by atoms with E-state index < -0.39 is 15.9 Å². The highest BCUT2D eigenvalue weighted by Gasteiger charge is 2.29. The zero-order valence-corrected chi connectivity index (χ0v) is 20.1. The molecule has 0 unspecified atom stereocenters. The Morgan fingerprint density at radius 3 is 2.49 bits per heavy atom. The number of rotatable bonds is 8. The summed E-state index contributed by atoms with van der Waals surface area (Å²) < 4.78 is 38.5. The molecule has 3 aromatic rings. The van der Waals surface area contributed by atoms with Crippen LogP contribution in [-0.2, 0) is 27.7 Å². The highest BCUT2D eigenvalue weighted by Crippen LogP contribution is 2.24. The average molecular weight is 498 g/mol. The minimum Gasteiger partial charge on any atom is -0.467 e. The quantitative estimate of drug-likeness (QED) is 0.494. The van der Waals surface area contributed by atoms with Gasteiger partial charge in [0.1, 0.15) is 5.76 Å². The number of nitrogens with one attached hydrogen (secondary N) is 2. The lowest BCUT2D eigenvalue weighted by Gasteiger charge is -2.27. The molecule has 2 aromatic carbocycles. The second kappa shape index (κ2) is 10.9. The van der Waals surface area contributed by atoms with Crippen LogP contribution < -0.4 is 10.6 Å². The number of carbonyl (C=O) groups excluding carboxylic acids is 2. The highest BCUT2D eigenvalue weighted by atomic mass is 32.2. The van der Waals surface area contributed by atoms with Crippen molar-refractivity contribution < 1.29 is 27.2 Å². The smallest absolute Gasteiger partial charge is 0.255 e. The third-order valence-corrected chi connectivity index (χ3v) is 7.70. The monoisotopic (exact) mass is 497 g/mol. The summed E-state index contributed by atoms with van der Waals surface area (Å²) in [5, 5.41) is 5.50. The number of benzene rings is 2. The molecule has 9 nitrogen and oxygen atoms in total. The van der Waals surface area contributed by atoms with E-state index in [0.29, 0.717) is 36.6 Å². The third-order valence-electron chi connectivity index (χ3n) is 5.72. The molecule has 2 N–H and O–H groups in total. The standard InChI is InChI=1S/C25H27N3O6S/c1-2-18-9-10-19(16-23(18)35(31,32)28-11-14-33-15-12-28)24(29)27-22-8-4-3-7-21(22)25(30)26-17-20-6-5-13-34-20/h3-10,13,16H,2,11-12,14-15,17H2,1H3,(H,26,30)(H,27,29). The van der Waals surface area contributed by atoms with Crippen molar-refractivity contribution in [3.63, 3.8) is 0 Å². The maximum atomic E-state index is 13.3. The summed E-state index contributed by atoms with van der Waals surface area (Å²) in [4.78, 5) is 25.9. The van der Waals surface area contributed by atoms with Gasteiger partial charge in [-0.3, -0.25) is 9.59 Å². The van der Waals surface area contributed by atoms with Crippen molar-refractivity contribution in [3.05, 3.63) is 83.3 Å². The first-order valence-corrected chi connectivity index (χ1v) is 12.8. The molecule has 1 aromatic heterocycles. The number of furan rings is 1. The van der Waals surface area contributed by atoms with Gasteiger partial charge in [0.05, 0.1) is 42.2 Å². The number of carbonyl (C=O) groups is 2. The lowest BCUT2D eigenvalue weighted by Crippen LogP contribution is -2.41. The first-order valence-electron chi connectivity index (χ1n) is 11.3. The number of hydrogen-bond donors (Lipinski definition) is 2. The zero-order valence-electron chi connectivity index (χ0n) is 19.3. The molecule has 184 valence electrons. The normalized spacial score (nSPS) is 14.4. The summed E-state index contributed by atoms with van der Waals surface area (Å²) >= 11 is 0. The molecule has 0 bridgehead atoms. The van der Waals surface area contributed by atoms with Crippen LogP contribution >= 0.6 is 0 Å². The van der Waals surface area contributed by atoms with Crippen molar-refractivity contribution in [1.29, 1.82) is 0 Å². The fraction of sp³-hybridized carbons (Fsp3) is 0.280. The maximum Gasteiger partial charge on any atom is 0.255 e. The Morgan fingerprint density at radius 2 is 1.77 bits per heavy atom. The number of nitrogens with zero attached hydrogens (tertiary/aromatic N) is 1. The molecule has 0 atom stereocenters. The molecule has 1 fully saturated rings. The minimum atomic E-state index is -3.78. The van der Waals surface area contributed by atoms with E-state index >= 15 is 0 Å². The van der Waals surface area contributed by atoms with Crippen LogP contribution in [0.2, 0.25) is 0 Å². The topological polar surface area (TPSA) is 118 Å². The summed E-state index contributed by atoms with van der Waals surface area (Å²) in [7, 11) is -3.78. The van der Waals surface area contributed by atoms with E-state index in [9.17, 15) is 18.0 Å². The summed E-state index contributed by atoms with van der Waals surface area (Å²) in [5.41, 5.74) is 1.40.